The molecule has 1 aromatic rings. The molecule has 0 unspecified atom stereocenters. The number of aromatic carboxylic acids is 1. The summed E-state index contributed by atoms with van der Waals surface area (Å²) in [5, 5.41) is 9.40. The summed E-state index contributed by atoms with van der Waals surface area (Å²) in [4.78, 5) is 13.0. The van der Waals surface area contributed by atoms with E-state index < -0.39 is 5.97 Å². The molecular formula is C13H14ClNO2. The Morgan fingerprint density at radius 2 is 1.94 bits per heavy atom. The third-order valence-corrected chi connectivity index (χ3v) is 2.56. The van der Waals surface area contributed by atoms with Crippen molar-refractivity contribution in [3.05, 3.63) is 54.1 Å². The maximum absolute atomic E-state index is 11.2. The van der Waals surface area contributed by atoms with Crippen LogP contribution < -0.4 is 4.90 Å². The first-order chi connectivity index (χ1) is 8.11. The second kappa shape index (κ2) is 6.11. The molecule has 0 aliphatic rings. The Hall–Kier alpha value is -1.74. The zero-order chi connectivity index (χ0) is 12.8. The number of carboxylic acid groups (broad SMARTS) is 1. The summed E-state index contributed by atoms with van der Waals surface area (Å²) < 4.78 is 0. The zero-order valence-electron chi connectivity index (χ0n) is 9.40. The van der Waals surface area contributed by atoms with Gasteiger partial charge in [-0.3, -0.25) is 0 Å². The van der Waals surface area contributed by atoms with Gasteiger partial charge in [0.25, 0.3) is 0 Å². The molecule has 3 nitrogen and oxygen atoms in total. The summed E-state index contributed by atoms with van der Waals surface area (Å²) in [5.74, 6) is -1.04. The first kappa shape index (κ1) is 13.3. The van der Waals surface area contributed by atoms with Gasteiger partial charge in [0.15, 0.2) is 0 Å². The fourth-order valence-electron chi connectivity index (χ4n) is 1.57. The van der Waals surface area contributed by atoms with Gasteiger partial charge in [-0.05, 0) is 12.1 Å². The molecule has 0 bridgehead atoms. The monoisotopic (exact) mass is 251 g/mol. The van der Waals surface area contributed by atoms with Crippen LogP contribution in [-0.2, 0) is 0 Å². The standard InChI is InChI=1S/C13H14ClNO2/c1-3-8-15(9-4-2)11-7-5-6-10(14)12(11)13(16)17/h3-7H,1-2,8-9H2,(H,16,17). The molecule has 0 fully saturated rings. The second-order valence-electron chi connectivity index (χ2n) is 3.42. The summed E-state index contributed by atoms with van der Waals surface area (Å²) in [7, 11) is 0. The summed E-state index contributed by atoms with van der Waals surface area (Å²) in [6.45, 7) is 8.37. The number of carboxylic acids is 1. The molecule has 90 valence electrons. The molecule has 0 amide bonds. The number of anilines is 1. The number of hydrogen-bond acceptors (Lipinski definition) is 2. The highest BCUT2D eigenvalue weighted by Crippen LogP contribution is 2.27. The Morgan fingerprint density at radius 1 is 1.35 bits per heavy atom. The Labute approximate surface area is 106 Å². The molecule has 0 spiro atoms. The lowest BCUT2D eigenvalue weighted by molar-refractivity contribution is 0.0698. The van der Waals surface area contributed by atoms with Crippen LogP contribution in [0.2, 0.25) is 5.02 Å². The summed E-state index contributed by atoms with van der Waals surface area (Å²) >= 11 is 5.91. The molecule has 17 heavy (non-hydrogen) atoms. The van der Waals surface area contributed by atoms with E-state index >= 15 is 0 Å². The highest BCUT2D eigenvalue weighted by molar-refractivity contribution is 6.34. The molecule has 0 aliphatic heterocycles. The topological polar surface area (TPSA) is 40.5 Å². The fraction of sp³-hybridized carbons (Fsp3) is 0.154. The van der Waals surface area contributed by atoms with Gasteiger partial charge < -0.3 is 10.0 Å². The highest BCUT2D eigenvalue weighted by Gasteiger charge is 2.17. The number of carbonyl (C=O) groups is 1. The highest BCUT2D eigenvalue weighted by atomic mass is 35.5. The van der Waals surface area contributed by atoms with Crippen molar-refractivity contribution in [1.82, 2.24) is 0 Å². The minimum absolute atomic E-state index is 0.109. The molecule has 4 heteroatoms. The molecule has 0 radical (unpaired) electrons. The van der Waals surface area contributed by atoms with Gasteiger partial charge in [0.2, 0.25) is 0 Å². The van der Waals surface area contributed by atoms with E-state index in [1.807, 2.05) is 4.90 Å². The van der Waals surface area contributed by atoms with E-state index in [4.69, 9.17) is 16.7 Å². The maximum atomic E-state index is 11.2. The zero-order valence-corrected chi connectivity index (χ0v) is 10.2. The van der Waals surface area contributed by atoms with Crippen LogP contribution in [0.1, 0.15) is 10.4 Å². The van der Waals surface area contributed by atoms with E-state index in [2.05, 4.69) is 13.2 Å². The number of halogens is 1. The van der Waals surface area contributed by atoms with Gasteiger partial charge in [-0.1, -0.05) is 29.8 Å². The van der Waals surface area contributed by atoms with Gasteiger partial charge in [0.1, 0.15) is 5.56 Å². The molecule has 1 rings (SSSR count). The molecule has 1 aromatic carbocycles. The quantitative estimate of drug-likeness (QED) is 0.790. The molecule has 0 aromatic heterocycles. The van der Waals surface area contributed by atoms with Crippen molar-refractivity contribution >= 4 is 23.3 Å². The SMILES string of the molecule is C=CCN(CC=C)c1cccc(Cl)c1C(=O)O. The van der Waals surface area contributed by atoms with Gasteiger partial charge in [-0.25, -0.2) is 4.79 Å². The summed E-state index contributed by atoms with van der Waals surface area (Å²) in [5.41, 5.74) is 0.683. The van der Waals surface area contributed by atoms with Crippen molar-refractivity contribution in [3.63, 3.8) is 0 Å². The lowest BCUT2D eigenvalue weighted by Gasteiger charge is -2.23. The molecule has 1 N–H and O–H groups in total. The van der Waals surface area contributed by atoms with Gasteiger partial charge in [0, 0.05) is 13.1 Å². The van der Waals surface area contributed by atoms with Crippen molar-refractivity contribution < 1.29 is 9.90 Å². The first-order valence-corrected chi connectivity index (χ1v) is 5.48. The number of hydrogen-bond donors (Lipinski definition) is 1. The molecule has 0 heterocycles. The van der Waals surface area contributed by atoms with Crippen LogP contribution in [0.5, 0.6) is 0 Å². The van der Waals surface area contributed by atoms with E-state index in [0.717, 1.165) is 0 Å². The fourth-order valence-corrected chi connectivity index (χ4v) is 1.82. The van der Waals surface area contributed by atoms with Crippen molar-refractivity contribution in [2.24, 2.45) is 0 Å². The Morgan fingerprint density at radius 3 is 2.41 bits per heavy atom. The van der Waals surface area contributed by atoms with Crippen molar-refractivity contribution in [2.45, 2.75) is 0 Å². The van der Waals surface area contributed by atoms with Gasteiger partial charge in [-0.15, -0.1) is 13.2 Å². The van der Waals surface area contributed by atoms with Gasteiger partial charge in [-0.2, -0.15) is 0 Å². The minimum atomic E-state index is -1.04. The molecule has 0 aliphatic carbocycles. The third-order valence-electron chi connectivity index (χ3n) is 2.25. The Bertz CT molecular complexity index is 433. The van der Waals surface area contributed by atoms with E-state index in [-0.39, 0.29) is 10.6 Å². The normalized spacial score (nSPS) is 9.71. The minimum Gasteiger partial charge on any atom is -0.478 e. The average Bonchev–Trinajstić information content (AvgIpc) is 2.28. The molecule has 0 atom stereocenters. The lowest BCUT2D eigenvalue weighted by Crippen LogP contribution is -2.25. The van der Waals surface area contributed by atoms with Crippen LogP contribution in [0, 0.1) is 0 Å². The van der Waals surface area contributed by atoms with Crippen LogP contribution in [0.4, 0.5) is 5.69 Å². The lowest BCUT2D eigenvalue weighted by atomic mass is 10.1. The van der Waals surface area contributed by atoms with Crippen molar-refractivity contribution in [3.8, 4) is 0 Å². The second-order valence-corrected chi connectivity index (χ2v) is 3.83. The van der Waals surface area contributed by atoms with Gasteiger partial charge >= 0.3 is 5.97 Å². The maximum Gasteiger partial charge on any atom is 0.339 e. The van der Waals surface area contributed by atoms with Crippen molar-refractivity contribution in [2.75, 3.05) is 18.0 Å². The Kier molecular flexibility index (Phi) is 4.79. The predicted octanol–water partition coefficient (Wildman–Crippen LogP) is 3.22. The van der Waals surface area contributed by atoms with E-state index in [1.165, 1.54) is 0 Å². The van der Waals surface area contributed by atoms with E-state index in [1.54, 1.807) is 30.4 Å². The predicted molar refractivity (Wildman–Crippen MR) is 71.0 cm³/mol. The van der Waals surface area contributed by atoms with Crippen LogP contribution >= 0.6 is 11.6 Å². The molecular weight excluding hydrogens is 238 g/mol. The smallest absolute Gasteiger partial charge is 0.339 e. The first-order valence-electron chi connectivity index (χ1n) is 5.10. The summed E-state index contributed by atoms with van der Waals surface area (Å²) in [6.07, 6.45) is 3.41. The van der Waals surface area contributed by atoms with Crippen LogP contribution in [0.15, 0.2) is 43.5 Å². The van der Waals surface area contributed by atoms with Crippen LogP contribution in [0.3, 0.4) is 0 Å². The van der Waals surface area contributed by atoms with Crippen molar-refractivity contribution in [1.29, 1.82) is 0 Å². The molecule has 0 saturated heterocycles. The van der Waals surface area contributed by atoms with Crippen LogP contribution in [-0.4, -0.2) is 24.2 Å². The average molecular weight is 252 g/mol. The Balaban J connectivity index is 3.26. The number of benzene rings is 1. The van der Waals surface area contributed by atoms with Gasteiger partial charge in [0.05, 0.1) is 10.7 Å². The van der Waals surface area contributed by atoms with E-state index in [9.17, 15) is 4.79 Å². The van der Waals surface area contributed by atoms with E-state index in [0.29, 0.717) is 18.8 Å². The summed E-state index contributed by atoms with van der Waals surface area (Å²) in [6, 6.07) is 5.01. The molecule has 0 saturated carbocycles. The number of nitrogens with zero attached hydrogens (tertiary/aromatic N) is 1. The third kappa shape index (κ3) is 3.11. The largest absolute Gasteiger partial charge is 0.478 e. The van der Waals surface area contributed by atoms with Crippen LogP contribution in [0.25, 0.3) is 0 Å². The number of rotatable bonds is 6.